The van der Waals surface area contributed by atoms with Crippen LogP contribution >= 0.6 is 0 Å². The molecule has 0 aromatic heterocycles. The second kappa shape index (κ2) is 8.58. The molecule has 0 bridgehead atoms. The fraction of sp³-hybridized carbons (Fsp3) is 0.0952. The maximum atomic E-state index is 12.5. The molecule has 0 atom stereocenters. The van der Waals surface area contributed by atoms with Crippen molar-refractivity contribution in [2.24, 2.45) is 0 Å². The van der Waals surface area contributed by atoms with E-state index < -0.39 is 10.0 Å². The number of hydrogen-bond acceptors (Lipinski definition) is 4. The second-order valence-electron chi connectivity index (χ2n) is 5.91. The van der Waals surface area contributed by atoms with Crippen LogP contribution in [0.4, 0.5) is 11.4 Å². The Bertz CT molecular complexity index is 1030. The molecule has 0 aliphatic heterocycles. The Balaban J connectivity index is 1.70. The number of ether oxygens (including phenoxy) is 1. The first-order valence-corrected chi connectivity index (χ1v) is 10.2. The van der Waals surface area contributed by atoms with Crippen molar-refractivity contribution in [2.75, 3.05) is 16.6 Å². The van der Waals surface area contributed by atoms with Gasteiger partial charge in [0, 0.05) is 16.9 Å². The van der Waals surface area contributed by atoms with Crippen LogP contribution in [0, 0.1) is 0 Å². The molecule has 0 fully saturated rings. The highest BCUT2D eigenvalue weighted by Gasteiger charge is 2.15. The monoisotopic (exact) mass is 396 g/mol. The summed E-state index contributed by atoms with van der Waals surface area (Å²) in [6.45, 7) is 2.41. The summed E-state index contributed by atoms with van der Waals surface area (Å²) >= 11 is 0. The summed E-state index contributed by atoms with van der Waals surface area (Å²) in [5.41, 5.74) is 1.46. The van der Waals surface area contributed by atoms with Crippen molar-refractivity contribution in [1.29, 1.82) is 0 Å². The fourth-order valence-electron chi connectivity index (χ4n) is 2.51. The highest BCUT2D eigenvalue weighted by atomic mass is 32.2. The summed E-state index contributed by atoms with van der Waals surface area (Å²) in [5, 5.41) is 2.76. The molecule has 28 heavy (non-hydrogen) atoms. The Morgan fingerprint density at radius 2 is 1.50 bits per heavy atom. The van der Waals surface area contributed by atoms with E-state index in [4.69, 9.17) is 4.74 Å². The highest BCUT2D eigenvalue weighted by molar-refractivity contribution is 7.92. The summed E-state index contributed by atoms with van der Waals surface area (Å²) in [6.07, 6.45) is 0. The SMILES string of the molecule is CCOc1ccc(NS(=O)(=O)c2ccc(C(=O)Nc3ccccc3)cc2)cc1. The zero-order valence-corrected chi connectivity index (χ0v) is 16.1. The normalized spacial score (nSPS) is 10.9. The molecule has 0 saturated heterocycles. The van der Waals surface area contributed by atoms with E-state index in [0.29, 0.717) is 29.3 Å². The van der Waals surface area contributed by atoms with E-state index in [0.717, 1.165) is 0 Å². The van der Waals surface area contributed by atoms with Crippen LogP contribution in [0.1, 0.15) is 17.3 Å². The first-order chi connectivity index (χ1) is 13.5. The number of rotatable bonds is 7. The third-order valence-electron chi connectivity index (χ3n) is 3.88. The Morgan fingerprint density at radius 1 is 0.857 bits per heavy atom. The number of amides is 1. The molecular formula is C21H20N2O4S. The molecular weight excluding hydrogens is 376 g/mol. The van der Waals surface area contributed by atoms with Crippen molar-refractivity contribution < 1.29 is 17.9 Å². The molecule has 2 N–H and O–H groups in total. The van der Waals surface area contributed by atoms with E-state index in [2.05, 4.69) is 10.0 Å². The summed E-state index contributed by atoms with van der Waals surface area (Å²) < 4.78 is 32.9. The van der Waals surface area contributed by atoms with Gasteiger partial charge in [-0.1, -0.05) is 18.2 Å². The van der Waals surface area contributed by atoms with Gasteiger partial charge in [0.1, 0.15) is 5.75 Å². The van der Waals surface area contributed by atoms with Gasteiger partial charge >= 0.3 is 0 Å². The lowest BCUT2D eigenvalue weighted by molar-refractivity contribution is 0.102. The van der Waals surface area contributed by atoms with Crippen molar-refractivity contribution in [3.05, 3.63) is 84.4 Å². The largest absolute Gasteiger partial charge is 0.494 e. The van der Waals surface area contributed by atoms with Gasteiger partial charge in [0.05, 0.1) is 11.5 Å². The average Bonchev–Trinajstić information content (AvgIpc) is 2.70. The van der Waals surface area contributed by atoms with Crippen molar-refractivity contribution in [3.8, 4) is 5.75 Å². The van der Waals surface area contributed by atoms with Crippen LogP contribution in [0.25, 0.3) is 0 Å². The highest BCUT2D eigenvalue weighted by Crippen LogP contribution is 2.20. The van der Waals surface area contributed by atoms with Crippen LogP contribution in [0.2, 0.25) is 0 Å². The van der Waals surface area contributed by atoms with E-state index in [1.807, 2.05) is 25.1 Å². The second-order valence-corrected chi connectivity index (χ2v) is 7.59. The maximum absolute atomic E-state index is 12.5. The van der Waals surface area contributed by atoms with Crippen LogP contribution in [0.3, 0.4) is 0 Å². The molecule has 1 amide bonds. The molecule has 3 rings (SSSR count). The molecule has 0 spiro atoms. The molecule has 144 valence electrons. The van der Waals surface area contributed by atoms with Crippen LogP contribution in [0.15, 0.2) is 83.8 Å². The van der Waals surface area contributed by atoms with Gasteiger partial charge in [-0.05, 0) is 67.6 Å². The molecule has 0 aliphatic rings. The predicted molar refractivity (Wildman–Crippen MR) is 109 cm³/mol. The summed E-state index contributed by atoms with van der Waals surface area (Å²) in [4.78, 5) is 12.3. The topological polar surface area (TPSA) is 84.5 Å². The quantitative estimate of drug-likeness (QED) is 0.629. The summed E-state index contributed by atoms with van der Waals surface area (Å²) in [7, 11) is -3.76. The number of carbonyl (C=O) groups excluding carboxylic acids is 1. The lowest BCUT2D eigenvalue weighted by Crippen LogP contribution is -2.14. The minimum absolute atomic E-state index is 0.0673. The van der Waals surface area contributed by atoms with E-state index in [1.54, 1.807) is 36.4 Å². The van der Waals surface area contributed by atoms with Gasteiger partial charge in [-0.2, -0.15) is 0 Å². The number of benzene rings is 3. The lowest BCUT2D eigenvalue weighted by atomic mass is 10.2. The van der Waals surface area contributed by atoms with Crippen LogP contribution in [0.5, 0.6) is 5.75 Å². The van der Waals surface area contributed by atoms with Gasteiger partial charge in [-0.15, -0.1) is 0 Å². The molecule has 0 radical (unpaired) electrons. The summed E-state index contributed by atoms with van der Waals surface area (Å²) in [6, 6.07) is 21.4. The molecule has 0 saturated carbocycles. The molecule has 0 heterocycles. The first kappa shape index (κ1) is 19.4. The molecule has 0 unspecified atom stereocenters. The molecule has 7 heteroatoms. The van der Waals surface area contributed by atoms with Gasteiger partial charge < -0.3 is 10.1 Å². The van der Waals surface area contributed by atoms with Crippen LogP contribution < -0.4 is 14.8 Å². The van der Waals surface area contributed by atoms with Crippen LogP contribution in [-0.2, 0) is 10.0 Å². The Hall–Kier alpha value is -3.32. The number of para-hydroxylation sites is 1. The minimum atomic E-state index is -3.76. The Kier molecular flexibility index (Phi) is 5.96. The molecule has 0 aliphatic carbocycles. The minimum Gasteiger partial charge on any atom is -0.494 e. The zero-order valence-electron chi connectivity index (χ0n) is 15.3. The number of carbonyl (C=O) groups is 1. The van der Waals surface area contributed by atoms with Crippen molar-refractivity contribution in [3.63, 3.8) is 0 Å². The number of anilines is 2. The van der Waals surface area contributed by atoms with Crippen LogP contribution in [-0.4, -0.2) is 20.9 Å². The average molecular weight is 396 g/mol. The first-order valence-electron chi connectivity index (χ1n) is 8.70. The lowest BCUT2D eigenvalue weighted by Gasteiger charge is -2.10. The van der Waals surface area contributed by atoms with E-state index in [9.17, 15) is 13.2 Å². The number of sulfonamides is 1. The maximum Gasteiger partial charge on any atom is 0.261 e. The van der Waals surface area contributed by atoms with E-state index in [1.165, 1.54) is 24.3 Å². The fourth-order valence-corrected chi connectivity index (χ4v) is 3.57. The van der Waals surface area contributed by atoms with E-state index in [-0.39, 0.29) is 10.8 Å². The Labute approximate surface area is 164 Å². The van der Waals surface area contributed by atoms with Gasteiger partial charge in [0.25, 0.3) is 15.9 Å². The smallest absolute Gasteiger partial charge is 0.261 e. The molecule has 6 nitrogen and oxygen atoms in total. The van der Waals surface area contributed by atoms with Crippen molar-refractivity contribution >= 4 is 27.3 Å². The van der Waals surface area contributed by atoms with Gasteiger partial charge in [-0.3, -0.25) is 9.52 Å². The zero-order chi connectivity index (χ0) is 20.0. The molecule has 3 aromatic rings. The van der Waals surface area contributed by atoms with Gasteiger partial charge in [0.15, 0.2) is 0 Å². The van der Waals surface area contributed by atoms with Crippen molar-refractivity contribution in [1.82, 2.24) is 0 Å². The van der Waals surface area contributed by atoms with Crippen molar-refractivity contribution in [2.45, 2.75) is 11.8 Å². The Morgan fingerprint density at radius 3 is 2.11 bits per heavy atom. The van der Waals surface area contributed by atoms with E-state index >= 15 is 0 Å². The number of nitrogens with one attached hydrogen (secondary N) is 2. The molecule has 3 aromatic carbocycles. The standard InChI is InChI=1S/C21H20N2O4S/c1-2-27-19-12-10-18(11-13-19)23-28(25,26)20-14-8-16(9-15-20)21(24)22-17-6-4-3-5-7-17/h3-15,23H,2H2,1H3,(H,22,24). The third-order valence-corrected chi connectivity index (χ3v) is 5.27. The number of hydrogen-bond donors (Lipinski definition) is 2. The van der Waals surface area contributed by atoms with Gasteiger partial charge in [-0.25, -0.2) is 8.42 Å². The van der Waals surface area contributed by atoms with Gasteiger partial charge in [0.2, 0.25) is 0 Å². The predicted octanol–water partition coefficient (Wildman–Crippen LogP) is 4.14. The summed E-state index contributed by atoms with van der Waals surface area (Å²) in [5.74, 6) is 0.355. The third kappa shape index (κ3) is 4.89.